The molecule has 1 N–H and O–H groups in total. The molecule has 1 aromatic carbocycles. The minimum absolute atomic E-state index is 0.240. The fraction of sp³-hybridized carbons (Fsp3) is 0.182. The predicted octanol–water partition coefficient (Wildman–Crippen LogP) is 2.56. The summed E-state index contributed by atoms with van der Waals surface area (Å²) < 4.78 is 12.9. The first-order valence-corrected chi connectivity index (χ1v) is 4.23. The Morgan fingerprint density at radius 2 is 1.93 bits per heavy atom. The van der Waals surface area contributed by atoms with Crippen molar-refractivity contribution in [2.45, 2.75) is 13.3 Å². The van der Waals surface area contributed by atoms with E-state index in [1.165, 1.54) is 6.92 Å². The lowest BCUT2D eigenvalue weighted by atomic mass is 10.1. The second kappa shape index (κ2) is 4.56. The molecule has 1 rings (SSSR count). The summed E-state index contributed by atoms with van der Waals surface area (Å²) in [6, 6.07) is 9.19. The van der Waals surface area contributed by atoms with E-state index < -0.39 is 11.8 Å². The zero-order valence-electron chi connectivity index (χ0n) is 7.83. The Balaban J connectivity index is 2.80. The molecule has 0 aromatic heterocycles. The largest absolute Gasteiger partial charge is 0.476 e. The van der Waals surface area contributed by atoms with Gasteiger partial charge in [-0.15, -0.1) is 0 Å². The molecule has 0 fully saturated rings. The predicted molar refractivity (Wildman–Crippen MR) is 51.6 cm³/mol. The minimum Gasteiger partial charge on any atom is -0.476 e. The summed E-state index contributed by atoms with van der Waals surface area (Å²) in [5.74, 6) is -2.56. The maximum absolute atomic E-state index is 12.9. The van der Waals surface area contributed by atoms with Gasteiger partial charge in [-0.2, -0.15) is 4.39 Å². The molecule has 0 aliphatic carbocycles. The standard InChI is InChI=1S/C11H11FO2/c1-8(10(12)11(13)14)7-9-5-3-2-4-6-9/h2-6H,7H2,1H3,(H,13,14). The molecule has 1 aromatic rings. The molecule has 0 radical (unpaired) electrons. The molecule has 0 bridgehead atoms. The highest BCUT2D eigenvalue weighted by atomic mass is 19.1. The lowest BCUT2D eigenvalue weighted by Gasteiger charge is -2.01. The van der Waals surface area contributed by atoms with Gasteiger partial charge in [-0.05, 0) is 24.5 Å². The van der Waals surface area contributed by atoms with Gasteiger partial charge in [0, 0.05) is 0 Å². The van der Waals surface area contributed by atoms with Crippen LogP contribution in [0.4, 0.5) is 4.39 Å². The van der Waals surface area contributed by atoms with Gasteiger partial charge in [-0.1, -0.05) is 30.3 Å². The first kappa shape index (κ1) is 10.4. The second-order valence-corrected chi connectivity index (χ2v) is 3.06. The summed E-state index contributed by atoms with van der Waals surface area (Å²) in [6.07, 6.45) is 0.332. The molecular weight excluding hydrogens is 183 g/mol. The molecule has 0 unspecified atom stereocenters. The van der Waals surface area contributed by atoms with E-state index >= 15 is 0 Å². The molecule has 0 saturated heterocycles. The number of halogens is 1. The van der Waals surface area contributed by atoms with Crippen LogP contribution in [0.1, 0.15) is 12.5 Å². The normalized spacial score (nSPS) is 12.1. The Morgan fingerprint density at radius 1 is 1.36 bits per heavy atom. The van der Waals surface area contributed by atoms with Crippen LogP contribution in [0, 0.1) is 0 Å². The van der Waals surface area contributed by atoms with Crippen LogP contribution in [0.25, 0.3) is 0 Å². The molecule has 0 saturated carbocycles. The van der Waals surface area contributed by atoms with Gasteiger partial charge in [0.1, 0.15) is 0 Å². The van der Waals surface area contributed by atoms with E-state index in [-0.39, 0.29) is 5.57 Å². The van der Waals surface area contributed by atoms with E-state index in [2.05, 4.69) is 0 Å². The van der Waals surface area contributed by atoms with Gasteiger partial charge in [0.15, 0.2) is 0 Å². The van der Waals surface area contributed by atoms with Crippen LogP contribution in [0.3, 0.4) is 0 Å². The van der Waals surface area contributed by atoms with E-state index in [9.17, 15) is 9.18 Å². The van der Waals surface area contributed by atoms with Crippen LogP contribution in [-0.4, -0.2) is 11.1 Å². The van der Waals surface area contributed by atoms with Gasteiger partial charge in [-0.3, -0.25) is 0 Å². The number of rotatable bonds is 3. The average Bonchev–Trinajstić information content (AvgIpc) is 2.18. The number of allylic oxidation sites excluding steroid dienone is 1. The lowest BCUT2D eigenvalue weighted by molar-refractivity contribution is -0.134. The third-order valence-electron chi connectivity index (χ3n) is 1.87. The Hall–Kier alpha value is -1.64. The van der Waals surface area contributed by atoms with Crippen molar-refractivity contribution in [2.75, 3.05) is 0 Å². The fourth-order valence-corrected chi connectivity index (χ4v) is 1.16. The first-order chi connectivity index (χ1) is 6.61. The molecule has 0 spiro atoms. The number of carbonyl (C=O) groups is 1. The van der Waals surface area contributed by atoms with Crippen molar-refractivity contribution in [3.05, 3.63) is 47.3 Å². The number of benzene rings is 1. The van der Waals surface area contributed by atoms with Gasteiger partial charge >= 0.3 is 5.97 Å². The topological polar surface area (TPSA) is 37.3 Å². The van der Waals surface area contributed by atoms with Crippen molar-refractivity contribution in [3.63, 3.8) is 0 Å². The Bertz CT molecular complexity index is 355. The molecule has 74 valence electrons. The lowest BCUT2D eigenvalue weighted by Crippen LogP contribution is -2.00. The van der Waals surface area contributed by atoms with Crippen molar-refractivity contribution < 1.29 is 14.3 Å². The van der Waals surface area contributed by atoms with Crippen molar-refractivity contribution in [3.8, 4) is 0 Å². The Kier molecular flexibility index (Phi) is 3.40. The number of carboxylic acid groups (broad SMARTS) is 1. The van der Waals surface area contributed by atoms with Crippen LogP contribution < -0.4 is 0 Å². The monoisotopic (exact) mass is 194 g/mol. The van der Waals surface area contributed by atoms with Gasteiger partial charge in [0.2, 0.25) is 5.83 Å². The minimum atomic E-state index is -1.50. The maximum Gasteiger partial charge on any atom is 0.364 e. The van der Waals surface area contributed by atoms with Crippen LogP contribution in [0.5, 0.6) is 0 Å². The Labute approximate surface area is 81.7 Å². The van der Waals surface area contributed by atoms with Crippen LogP contribution in [-0.2, 0) is 11.2 Å². The van der Waals surface area contributed by atoms with Crippen molar-refractivity contribution in [1.29, 1.82) is 0 Å². The van der Waals surface area contributed by atoms with Gasteiger partial charge in [0.25, 0.3) is 0 Å². The summed E-state index contributed by atoms with van der Waals surface area (Å²) in [5.41, 5.74) is 1.14. The molecule has 0 aliphatic rings. The highest BCUT2D eigenvalue weighted by Gasteiger charge is 2.09. The quantitative estimate of drug-likeness (QED) is 0.751. The second-order valence-electron chi connectivity index (χ2n) is 3.06. The van der Waals surface area contributed by atoms with Crippen LogP contribution >= 0.6 is 0 Å². The molecule has 0 amide bonds. The first-order valence-electron chi connectivity index (χ1n) is 4.23. The molecular formula is C11H11FO2. The van der Waals surface area contributed by atoms with Gasteiger partial charge < -0.3 is 5.11 Å². The third-order valence-corrected chi connectivity index (χ3v) is 1.87. The zero-order chi connectivity index (χ0) is 10.6. The highest BCUT2D eigenvalue weighted by Crippen LogP contribution is 2.12. The fourth-order valence-electron chi connectivity index (χ4n) is 1.16. The summed E-state index contributed by atoms with van der Waals surface area (Å²) in [6.45, 7) is 1.48. The third kappa shape index (κ3) is 2.69. The van der Waals surface area contributed by atoms with E-state index in [4.69, 9.17) is 5.11 Å². The van der Waals surface area contributed by atoms with E-state index in [1.807, 2.05) is 30.3 Å². The SMILES string of the molecule is CC(Cc1ccccc1)=C(F)C(=O)O. The van der Waals surface area contributed by atoms with E-state index in [0.717, 1.165) is 5.56 Å². The van der Waals surface area contributed by atoms with E-state index in [1.54, 1.807) is 0 Å². The molecule has 3 heteroatoms. The van der Waals surface area contributed by atoms with Crippen molar-refractivity contribution in [2.24, 2.45) is 0 Å². The van der Waals surface area contributed by atoms with Crippen LogP contribution in [0.2, 0.25) is 0 Å². The molecule has 14 heavy (non-hydrogen) atoms. The molecule has 0 aliphatic heterocycles. The average molecular weight is 194 g/mol. The summed E-state index contributed by atoms with van der Waals surface area (Å²) in [5, 5.41) is 8.40. The smallest absolute Gasteiger partial charge is 0.364 e. The van der Waals surface area contributed by atoms with Crippen molar-refractivity contribution in [1.82, 2.24) is 0 Å². The molecule has 2 nitrogen and oxygen atoms in total. The summed E-state index contributed by atoms with van der Waals surface area (Å²) in [7, 11) is 0. The molecule has 0 atom stereocenters. The number of aliphatic carboxylic acids is 1. The zero-order valence-corrected chi connectivity index (χ0v) is 7.83. The number of hydrogen-bond acceptors (Lipinski definition) is 1. The maximum atomic E-state index is 12.9. The number of carboxylic acids is 1. The van der Waals surface area contributed by atoms with Crippen molar-refractivity contribution >= 4 is 5.97 Å². The Morgan fingerprint density at radius 3 is 2.43 bits per heavy atom. The van der Waals surface area contributed by atoms with Gasteiger partial charge in [-0.25, -0.2) is 4.79 Å². The van der Waals surface area contributed by atoms with Gasteiger partial charge in [0.05, 0.1) is 0 Å². The summed E-state index contributed by atoms with van der Waals surface area (Å²) >= 11 is 0. The van der Waals surface area contributed by atoms with E-state index in [0.29, 0.717) is 6.42 Å². The highest BCUT2D eigenvalue weighted by molar-refractivity contribution is 5.84. The van der Waals surface area contributed by atoms with Crippen LogP contribution in [0.15, 0.2) is 41.7 Å². The summed E-state index contributed by atoms with van der Waals surface area (Å²) in [4.78, 5) is 10.3. The molecule has 0 heterocycles. The number of hydrogen-bond donors (Lipinski definition) is 1.